The molecule has 0 atom stereocenters. The minimum Gasteiger partial charge on any atom is -0.444 e. The molecule has 1 aliphatic carbocycles. The van der Waals surface area contributed by atoms with Gasteiger partial charge in [-0.05, 0) is 40.0 Å². The number of rotatable bonds is 3. The molecule has 0 heterocycles. The lowest BCUT2D eigenvalue weighted by molar-refractivity contribution is 0.0979. The van der Waals surface area contributed by atoms with Gasteiger partial charge in [0.25, 0.3) is 0 Å². The highest BCUT2D eigenvalue weighted by atomic mass is 79.9. The Morgan fingerprint density at radius 3 is 2.17 bits per heavy atom. The number of hydrogen-bond donors (Lipinski definition) is 1. The van der Waals surface area contributed by atoms with Crippen LogP contribution in [0.4, 0.5) is 10.5 Å². The van der Waals surface area contributed by atoms with Crippen molar-refractivity contribution in [3.63, 3.8) is 0 Å². The standard InChI is InChI=1S/C23H16BrNO4/c1-13-11-17(24)18-19(22(27)16-10-6-5-9-15(16)21(18)26)20(13)25-23(28)29-12-14-7-3-2-4-8-14/h2-11H,12H2,1H3,(H,25,28). The molecule has 1 amide bonds. The molecule has 3 aromatic rings. The summed E-state index contributed by atoms with van der Waals surface area (Å²) in [6, 6.07) is 17.7. The van der Waals surface area contributed by atoms with Gasteiger partial charge in [-0.2, -0.15) is 0 Å². The molecule has 4 rings (SSSR count). The van der Waals surface area contributed by atoms with E-state index in [1.54, 1.807) is 37.3 Å². The van der Waals surface area contributed by atoms with Crippen LogP contribution in [0.5, 0.6) is 0 Å². The summed E-state index contributed by atoms with van der Waals surface area (Å²) in [7, 11) is 0. The predicted octanol–water partition coefficient (Wildman–Crippen LogP) is 5.28. The quantitative estimate of drug-likeness (QED) is 0.461. The van der Waals surface area contributed by atoms with Gasteiger partial charge in [0, 0.05) is 15.6 Å². The molecule has 0 bridgehead atoms. The number of halogens is 1. The van der Waals surface area contributed by atoms with Gasteiger partial charge in [0.05, 0.1) is 16.8 Å². The van der Waals surface area contributed by atoms with Crippen LogP contribution < -0.4 is 5.32 Å². The predicted molar refractivity (Wildman–Crippen MR) is 112 cm³/mol. The van der Waals surface area contributed by atoms with Crippen molar-refractivity contribution in [2.45, 2.75) is 13.5 Å². The van der Waals surface area contributed by atoms with Crippen molar-refractivity contribution in [3.05, 3.63) is 98.5 Å². The van der Waals surface area contributed by atoms with Crippen molar-refractivity contribution in [1.82, 2.24) is 0 Å². The number of benzene rings is 3. The summed E-state index contributed by atoms with van der Waals surface area (Å²) in [5.41, 5.74) is 2.88. The molecular formula is C23H16BrNO4. The third-order valence-corrected chi connectivity index (χ3v) is 5.41. The van der Waals surface area contributed by atoms with E-state index in [-0.39, 0.29) is 35.0 Å². The van der Waals surface area contributed by atoms with Crippen LogP contribution in [0.3, 0.4) is 0 Å². The Bertz CT molecular complexity index is 1160. The van der Waals surface area contributed by atoms with Crippen LogP contribution in [0.1, 0.15) is 43.0 Å². The van der Waals surface area contributed by atoms with Crippen LogP contribution in [-0.2, 0) is 11.3 Å². The molecular weight excluding hydrogens is 434 g/mol. The molecule has 5 nitrogen and oxygen atoms in total. The first-order chi connectivity index (χ1) is 14.0. The van der Waals surface area contributed by atoms with E-state index in [9.17, 15) is 14.4 Å². The molecule has 144 valence electrons. The minimum absolute atomic E-state index is 0.0974. The monoisotopic (exact) mass is 449 g/mol. The van der Waals surface area contributed by atoms with E-state index in [4.69, 9.17) is 4.74 Å². The minimum atomic E-state index is -0.694. The number of aryl methyl sites for hydroxylation is 1. The fourth-order valence-corrected chi connectivity index (χ4v) is 4.12. The molecule has 0 aromatic heterocycles. The molecule has 0 unspecified atom stereocenters. The van der Waals surface area contributed by atoms with Crippen LogP contribution in [0.25, 0.3) is 0 Å². The van der Waals surface area contributed by atoms with Crippen molar-refractivity contribution in [3.8, 4) is 0 Å². The van der Waals surface area contributed by atoms with Gasteiger partial charge in [-0.25, -0.2) is 4.79 Å². The Labute approximate surface area is 175 Å². The van der Waals surface area contributed by atoms with Gasteiger partial charge in [0.15, 0.2) is 11.6 Å². The third-order valence-electron chi connectivity index (χ3n) is 4.79. The van der Waals surface area contributed by atoms with E-state index in [1.165, 1.54) is 0 Å². The third kappa shape index (κ3) is 3.47. The Balaban J connectivity index is 1.69. The Morgan fingerprint density at radius 2 is 1.52 bits per heavy atom. The van der Waals surface area contributed by atoms with E-state index >= 15 is 0 Å². The summed E-state index contributed by atoms with van der Waals surface area (Å²) in [6.45, 7) is 1.86. The topological polar surface area (TPSA) is 72.5 Å². The van der Waals surface area contributed by atoms with Crippen molar-refractivity contribution in [2.24, 2.45) is 0 Å². The lowest BCUT2D eigenvalue weighted by Crippen LogP contribution is -2.25. The second kappa shape index (κ2) is 7.64. The van der Waals surface area contributed by atoms with Gasteiger partial charge in [-0.15, -0.1) is 0 Å². The molecule has 1 aliphatic rings. The molecule has 29 heavy (non-hydrogen) atoms. The summed E-state index contributed by atoms with van der Waals surface area (Å²) in [5, 5.41) is 2.66. The summed E-state index contributed by atoms with van der Waals surface area (Å²) in [6.07, 6.45) is -0.694. The van der Waals surface area contributed by atoms with E-state index in [0.29, 0.717) is 21.2 Å². The summed E-state index contributed by atoms with van der Waals surface area (Å²) in [4.78, 5) is 38.6. The van der Waals surface area contributed by atoms with Gasteiger partial charge in [0.1, 0.15) is 6.61 Å². The van der Waals surface area contributed by atoms with Crippen molar-refractivity contribution in [2.75, 3.05) is 5.32 Å². The SMILES string of the molecule is Cc1cc(Br)c2c(c1NC(=O)OCc1ccccc1)C(=O)c1ccccc1C2=O. The number of carbonyl (C=O) groups is 3. The first-order valence-electron chi connectivity index (χ1n) is 8.96. The zero-order chi connectivity index (χ0) is 20.5. The normalized spacial score (nSPS) is 12.2. The molecule has 1 N–H and O–H groups in total. The van der Waals surface area contributed by atoms with Gasteiger partial charge >= 0.3 is 6.09 Å². The van der Waals surface area contributed by atoms with Crippen LogP contribution >= 0.6 is 15.9 Å². The first-order valence-corrected chi connectivity index (χ1v) is 9.76. The van der Waals surface area contributed by atoms with Gasteiger partial charge in [-0.3, -0.25) is 14.9 Å². The Kier molecular flexibility index (Phi) is 5.03. The number of ether oxygens (including phenoxy) is 1. The van der Waals surface area contributed by atoms with Crippen LogP contribution in [0, 0.1) is 6.92 Å². The van der Waals surface area contributed by atoms with Gasteiger partial charge < -0.3 is 4.74 Å². The van der Waals surface area contributed by atoms with Crippen LogP contribution in [0.2, 0.25) is 0 Å². The first kappa shape index (κ1) is 19.1. The number of nitrogens with one attached hydrogen (secondary N) is 1. The highest BCUT2D eigenvalue weighted by Gasteiger charge is 2.34. The maximum absolute atomic E-state index is 13.2. The van der Waals surface area contributed by atoms with Gasteiger partial charge in [-0.1, -0.05) is 54.6 Å². The molecule has 0 aliphatic heterocycles. The maximum atomic E-state index is 13.2. The number of carbonyl (C=O) groups excluding carboxylic acids is 3. The second-order valence-electron chi connectivity index (χ2n) is 6.69. The van der Waals surface area contributed by atoms with E-state index < -0.39 is 6.09 Å². The Morgan fingerprint density at radius 1 is 0.931 bits per heavy atom. The second-order valence-corrected chi connectivity index (χ2v) is 7.55. The number of amides is 1. The molecule has 0 saturated carbocycles. The fourth-order valence-electron chi connectivity index (χ4n) is 3.40. The average Bonchev–Trinajstić information content (AvgIpc) is 2.73. The number of ketones is 2. The molecule has 0 saturated heterocycles. The lowest BCUT2D eigenvalue weighted by atomic mass is 9.82. The molecule has 6 heteroatoms. The molecule has 0 fully saturated rings. The van der Waals surface area contributed by atoms with Gasteiger partial charge in [0.2, 0.25) is 0 Å². The summed E-state index contributed by atoms with van der Waals surface area (Å²) >= 11 is 3.40. The number of anilines is 1. The number of fused-ring (bicyclic) bond motifs is 2. The molecule has 3 aromatic carbocycles. The molecule has 0 spiro atoms. The lowest BCUT2D eigenvalue weighted by Gasteiger charge is -2.23. The zero-order valence-corrected chi connectivity index (χ0v) is 17.1. The highest BCUT2D eigenvalue weighted by molar-refractivity contribution is 9.10. The summed E-state index contributed by atoms with van der Waals surface area (Å²) < 4.78 is 5.80. The highest BCUT2D eigenvalue weighted by Crippen LogP contribution is 2.38. The summed E-state index contributed by atoms with van der Waals surface area (Å²) in [5.74, 6) is -0.569. The van der Waals surface area contributed by atoms with Crippen molar-refractivity contribution in [1.29, 1.82) is 0 Å². The number of hydrogen-bond acceptors (Lipinski definition) is 4. The van der Waals surface area contributed by atoms with Crippen molar-refractivity contribution >= 4 is 39.3 Å². The zero-order valence-electron chi connectivity index (χ0n) is 15.5. The van der Waals surface area contributed by atoms with Crippen LogP contribution in [-0.4, -0.2) is 17.7 Å². The maximum Gasteiger partial charge on any atom is 0.411 e. The molecule has 0 radical (unpaired) electrons. The fraction of sp³-hybridized carbons (Fsp3) is 0.0870. The Hall–Kier alpha value is -3.25. The van der Waals surface area contributed by atoms with Crippen LogP contribution in [0.15, 0.2) is 65.1 Å². The smallest absolute Gasteiger partial charge is 0.411 e. The van der Waals surface area contributed by atoms with Crippen molar-refractivity contribution < 1.29 is 19.1 Å². The largest absolute Gasteiger partial charge is 0.444 e. The van der Waals surface area contributed by atoms with E-state index in [2.05, 4.69) is 21.2 Å². The average molecular weight is 450 g/mol. The van der Waals surface area contributed by atoms with E-state index in [1.807, 2.05) is 30.3 Å². The van der Waals surface area contributed by atoms with E-state index in [0.717, 1.165) is 5.56 Å².